The molecule has 0 aliphatic heterocycles. The van der Waals surface area contributed by atoms with Crippen molar-refractivity contribution in [2.75, 3.05) is 7.11 Å². The van der Waals surface area contributed by atoms with Crippen LogP contribution in [0.4, 0.5) is 0 Å². The minimum atomic E-state index is -0.833. The van der Waals surface area contributed by atoms with E-state index >= 15 is 0 Å². The molecule has 28 heavy (non-hydrogen) atoms. The molecule has 0 saturated carbocycles. The number of halogens is 1. The number of carbonyl (C=O) groups is 2. The maximum Gasteiger partial charge on any atom is 0.329 e. The van der Waals surface area contributed by atoms with Crippen molar-refractivity contribution in [3.05, 3.63) is 58.6 Å². The van der Waals surface area contributed by atoms with E-state index in [4.69, 9.17) is 21.1 Å². The minimum Gasteiger partial charge on any atom is -0.493 e. The quantitative estimate of drug-likeness (QED) is 0.422. The standard InChI is InChI=1S/C20H22ClN3O4/c1-13(2)23-19(25)20(26)24-22-11-15-6-9-17(18(10-15)27-3)28-12-14-4-7-16(21)8-5-14/h4-11,13H,12H2,1-3H3,(H,23,25)(H,24,26)/b22-11-. The normalized spacial score (nSPS) is 10.8. The Labute approximate surface area is 168 Å². The molecule has 0 fully saturated rings. The Morgan fingerprint density at radius 1 is 1.11 bits per heavy atom. The van der Waals surface area contributed by atoms with Crippen LogP contribution in [0, 0.1) is 0 Å². The van der Waals surface area contributed by atoms with Gasteiger partial charge in [0, 0.05) is 11.1 Å². The second-order valence-electron chi connectivity index (χ2n) is 6.15. The van der Waals surface area contributed by atoms with E-state index in [2.05, 4.69) is 15.8 Å². The average Bonchev–Trinajstić information content (AvgIpc) is 2.67. The highest BCUT2D eigenvalue weighted by molar-refractivity contribution is 6.35. The van der Waals surface area contributed by atoms with Crippen LogP contribution in [0.25, 0.3) is 0 Å². The molecule has 0 aliphatic carbocycles. The van der Waals surface area contributed by atoms with Crippen LogP contribution < -0.4 is 20.2 Å². The Bertz CT molecular complexity index is 851. The van der Waals surface area contributed by atoms with E-state index in [1.165, 1.54) is 13.3 Å². The zero-order chi connectivity index (χ0) is 20.5. The van der Waals surface area contributed by atoms with Crippen molar-refractivity contribution in [3.8, 4) is 11.5 Å². The van der Waals surface area contributed by atoms with Crippen molar-refractivity contribution in [1.82, 2.24) is 10.7 Å². The molecule has 0 heterocycles. The van der Waals surface area contributed by atoms with E-state index in [1.807, 2.05) is 12.1 Å². The van der Waals surface area contributed by atoms with Gasteiger partial charge in [0.2, 0.25) is 0 Å². The maximum atomic E-state index is 11.6. The predicted octanol–water partition coefficient (Wildman–Crippen LogP) is 2.90. The zero-order valence-corrected chi connectivity index (χ0v) is 16.6. The summed E-state index contributed by atoms with van der Waals surface area (Å²) in [4.78, 5) is 23.1. The van der Waals surface area contributed by atoms with E-state index in [1.54, 1.807) is 44.2 Å². The van der Waals surface area contributed by atoms with E-state index in [0.717, 1.165) is 5.56 Å². The fourth-order valence-electron chi connectivity index (χ4n) is 2.17. The molecule has 2 N–H and O–H groups in total. The molecule has 2 amide bonds. The van der Waals surface area contributed by atoms with Crippen LogP contribution in [0.5, 0.6) is 11.5 Å². The molecule has 0 bridgehead atoms. The lowest BCUT2D eigenvalue weighted by atomic mass is 10.2. The minimum absolute atomic E-state index is 0.132. The molecular weight excluding hydrogens is 382 g/mol. The van der Waals surface area contributed by atoms with Gasteiger partial charge in [0.25, 0.3) is 0 Å². The Morgan fingerprint density at radius 2 is 1.82 bits per heavy atom. The van der Waals surface area contributed by atoms with Crippen LogP contribution in [-0.4, -0.2) is 31.2 Å². The Hall–Kier alpha value is -3.06. The van der Waals surface area contributed by atoms with E-state index in [-0.39, 0.29) is 6.04 Å². The van der Waals surface area contributed by atoms with Gasteiger partial charge in [-0.05, 0) is 55.3 Å². The molecule has 0 atom stereocenters. The lowest BCUT2D eigenvalue weighted by Crippen LogP contribution is -2.41. The molecule has 148 valence electrons. The van der Waals surface area contributed by atoms with Crippen molar-refractivity contribution < 1.29 is 19.1 Å². The summed E-state index contributed by atoms with van der Waals surface area (Å²) in [6, 6.07) is 12.4. The second kappa shape index (κ2) is 10.3. The summed E-state index contributed by atoms with van der Waals surface area (Å²) in [5.74, 6) is -0.493. The van der Waals surface area contributed by atoms with E-state index in [0.29, 0.717) is 28.7 Å². The number of amides is 2. The number of nitrogens with one attached hydrogen (secondary N) is 2. The predicted molar refractivity (Wildman–Crippen MR) is 108 cm³/mol. The summed E-state index contributed by atoms with van der Waals surface area (Å²) < 4.78 is 11.1. The number of hydrogen-bond acceptors (Lipinski definition) is 5. The van der Waals surface area contributed by atoms with Crippen molar-refractivity contribution in [2.24, 2.45) is 5.10 Å². The number of hydrogen-bond donors (Lipinski definition) is 2. The largest absolute Gasteiger partial charge is 0.493 e. The first-order valence-electron chi connectivity index (χ1n) is 8.58. The van der Waals surface area contributed by atoms with Crippen molar-refractivity contribution in [2.45, 2.75) is 26.5 Å². The van der Waals surface area contributed by atoms with Crippen molar-refractivity contribution in [1.29, 1.82) is 0 Å². The van der Waals surface area contributed by atoms with Gasteiger partial charge in [0.05, 0.1) is 13.3 Å². The summed E-state index contributed by atoms with van der Waals surface area (Å²) >= 11 is 5.87. The number of benzene rings is 2. The van der Waals surface area contributed by atoms with Gasteiger partial charge in [-0.15, -0.1) is 0 Å². The lowest BCUT2D eigenvalue weighted by molar-refractivity contribution is -0.139. The molecule has 2 rings (SSSR count). The summed E-state index contributed by atoms with van der Waals surface area (Å²) in [6.45, 7) is 3.89. The van der Waals surface area contributed by atoms with Gasteiger partial charge in [-0.3, -0.25) is 9.59 Å². The molecule has 2 aromatic rings. The van der Waals surface area contributed by atoms with Crippen LogP contribution >= 0.6 is 11.6 Å². The first-order chi connectivity index (χ1) is 13.4. The van der Waals surface area contributed by atoms with Crippen LogP contribution in [0.3, 0.4) is 0 Å². The van der Waals surface area contributed by atoms with Gasteiger partial charge in [-0.1, -0.05) is 23.7 Å². The maximum absolute atomic E-state index is 11.6. The lowest BCUT2D eigenvalue weighted by Gasteiger charge is -2.11. The molecule has 0 saturated heterocycles. The summed E-state index contributed by atoms with van der Waals surface area (Å²) in [6.07, 6.45) is 1.41. The first kappa shape index (κ1) is 21.2. The van der Waals surface area contributed by atoms with E-state index in [9.17, 15) is 9.59 Å². The molecule has 0 unspecified atom stereocenters. The number of methoxy groups -OCH3 is 1. The third kappa shape index (κ3) is 6.59. The molecule has 0 radical (unpaired) electrons. The van der Waals surface area contributed by atoms with E-state index < -0.39 is 11.8 Å². The van der Waals surface area contributed by atoms with Crippen LogP contribution in [0.1, 0.15) is 25.0 Å². The number of ether oxygens (including phenoxy) is 2. The molecule has 7 nitrogen and oxygen atoms in total. The third-order valence-electron chi connectivity index (χ3n) is 3.50. The molecule has 8 heteroatoms. The highest BCUT2D eigenvalue weighted by Gasteiger charge is 2.13. The van der Waals surface area contributed by atoms with Gasteiger partial charge in [-0.25, -0.2) is 5.43 Å². The Kier molecular flexibility index (Phi) is 7.83. The monoisotopic (exact) mass is 403 g/mol. The van der Waals surface area contributed by atoms with Gasteiger partial charge in [0.1, 0.15) is 6.61 Å². The van der Waals surface area contributed by atoms with Crippen LogP contribution in [0.15, 0.2) is 47.6 Å². The third-order valence-corrected chi connectivity index (χ3v) is 3.75. The SMILES string of the molecule is COc1cc(/C=N\NC(=O)C(=O)NC(C)C)ccc1OCc1ccc(Cl)cc1. The number of carbonyl (C=O) groups excluding carboxylic acids is 2. The topological polar surface area (TPSA) is 89.0 Å². The Balaban J connectivity index is 1.97. The molecule has 0 aromatic heterocycles. The average molecular weight is 404 g/mol. The number of hydrazone groups is 1. The smallest absolute Gasteiger partial charge is 0.329 e. The fourth-order valence-corrected chi connectivity index (χ4v) is 2.30. The number of rotatable bonds is 7. The van der Waals surface area contributed by atoms with Gasteiger partial charge in [0.15, 0.2) is 11.5 Å². The number of nitrogens with zero attached hydrogens (tertiary/aromatic N) is 1. The van der Waals surface area contributed by atoms with Crippen molar-refractivity contribution >= 4 is 29.6 Å². The van der Waals surface area contributed by atoms with Gasteiger partial charge in [-0.2, -0.15) is 5.10 Å². The molecule has 0 spiro atoms. The highest BCUT2D eigenvalue weighted by Crippen LogP contribution is 2.28. The first-order valence-corrected chi connectivity index (χ1v) is 8.96. The molecule has 0 aliphatic rings. The summed E-state index contributed by atoms with van der Waals surface area (Å²) in [5, 5.41) is 6.93. The van der Waals surface area contributed by atoms with Gasteiger partial charge >= 0.3 is 11.8 Å². The van der Waals surface area contributed by atoms with Crippen LogP contribution in [-0.2, 0) is 16.2 Å². The fraction of sp³-hybridized carbons (Fsp3) is 0.250. The highest BCUT2D eigenvalue weighted by atomic mass is 35.5. The van der Waals surface area contributed by atoms with Gasteiger partial charge < -0.3 is 14.8 Å². The Morgan fingerprint density at radius 3 is 2.46 bits per heavy atom. The summed E-state index contributed by atoms with van der Waals surface area (Å²) in [7, 11) is 1.53. The molecule has 2 aromatic carbocycles. The van der Waals surface area contributed by atoms with Crippen LogP contribution in [0.2, 0.25) is 5.02 Å². The summed E-state index contributed by atoms with van der Waals surface area (Å²) in [5.41, 5.74) is 3.81. The van der Waals surface area contributed by atoms with Crippen molar-refractivity contribution in [3.63, 3.8) is 0 Å². The zero-order valence-electron chi connectivity index (χ0n) is 15.9. The second-order valence-corrected chi connectivity index (χ2v) is 6.59. The molecular formula is C20H22ClN3O4.